The zero-order valence-electron chi connectivity index (χ0n) is 4.74. The molecule has 0 heterocycles. The van der Waals surface area contributed by atoms with Crippen molar-refractivity contribution in [2.75, 3.05) is 0 Å². The lowest BCUT2D eigenvalue weighted by Gasteiger charge is -1.97. The minimum absolute atomic E-state index is 0.00637. The Labute approximate surface area is 70.6 Å². The number of aromatic hydroxyl groups is 1. The summed E-state index contributed by atoms with van der Waals surface area (Å²) in [6.07, 6.45) is 0. The molecule has 4 heteroatoms. The van der Waals surface area contributed by atoms with E-state index in [-0.39, 0.29) is 5.02 Å². The average Bonchev–Trinajstić information content (AvgIpc) is 1.82. The van der Waals surface area contributed by atoms with Gasteiger partial charge in [0.2, 0.25) is 0 Å². The Morgan fingerprint density at radius 1 is 1.50 bits per heavy atom. The predicted octanol–water partition coefficient (Wildman–Crippen LogP) is 2.95. The van der Waals surface area contributed by atoms with Crippen molar-refractivity contribution >= 4 is 27.5 Å². The van der Waals surface area contributed by atoms with Gasteiger partial charge in [-0.15, -0.1) is 0 Å². The van der Waals surface area contributed by atoms with Crippen LogP contribution >= 0.6 is 27.5 Å². The van der Waals surface area contributed by atoms with Gasteiger partial charge in [-0.05, 0) is 12.1 Å². The van der Waals surface area contributed by atoms with E-state index in [0.29, 0.717) is 4.47 Å². The number of hydrogen-bond acceptors (Lipinski definition) is 1. The zero-order valence-corrected chi connectivity index (χ0v) is 7.08. The van der Waals surface area contributed by atoms with Crippen LogP contribution in [0.4, 0.5) is 4.39 Å². The molecular formula is C6H3BrClFO. The third kappa shape index (κ3) is 1.41. The normalized spacial score (nSPS) is 9.90. The molecule has 1 N–H and O–H groups in total. The fourth-order valence-electron chi connectivity index (χ4n) is 0.535. The number of hydrogen-bond donors (Lipinski definition) is 1. The minimum Gasteiger partial charge on any atom is -0.504 e. The van der Waals surface area contributed by atoms with E-state index in [9.17, 15) is 4.39 Å². The maximum Gasteiger partial charge on any atom is 0.170 e. The Morgan fingerprint density at radius 3 is 2.60 bits per heavy atom. The molecule has 0 aromatic heterocycles. The molecule has 0 amide bonds. The van der Waals surface area contributed by atoms with Crippen LogP contribution in [0.1, 0.15) is 0 Å². The monoisotopic (exact) mass is 224 g/mol. The molecule has 0 radical (unpaired) electrons. The Morgan fingerprint density at radius 2 is 2.10 bits per heavy atom. The van der Waals surface area contributed by atoms with Gasteiger partial charge in [-0.2, -0.15) is 0 Å². The van der Waals surface area contributed by atoms with Gasteiger partial charge in [0.25, 0.3) is 0 Å². The molecule has 1 aromatic rings. The van der Waals surface area contributed by atoms with Gasteiger partial charge in [0.1, 0.15) is 0 Å². The molecular weight excluding hydrogens is 222 g/mol. The van der Waals surface area contributed by atoms with E-state index in [2.05, 4.69) is 15.9 Å². The molecule has 10 heavy (non-hydrogen) atoms. The van der Waals surface area contributed by atoms with Crippen LogP contribution in [0.5, 0.6) is 5.75 Å². The van der Waals surface area contributed by atoms with Crippen LogP contribution in [0.25, 0.3) is 0 Å². The van der Waals surface area contributed by atoms with Crippen molar-refractivity contribution in [2.24, 2.45) is 0 Å². The van der Waals surface area contributed by atoms with E-state index in [0.717, 1.165) is 6.07 Å². The van der Waals surface area contributed by atoms with Gasteiger partial charge in [0, 0.05) is 4.47 Å². The number of benzene rings is 1. The molecule has 1 aromatic carbocycles. The van der Waals surface area contributed by atoms with E-state index in [1.165, 1.54) is 6.07 Å². The van der Waals surface area contributed by atoms with Crippen molar-refractivity contribution < 1.29 is 9.50 Å². The molecule has 0 fully saturated rings. The summed E-state index contributed by atoms with van der Waals surface area (Å²) in [6, 6.07) is 2.56. The highest BCUT2D eigenvalue weighted by molar-refractivity contribution is 9.10. The lowest BCUT2D eigenvalue weighted by molar-refractivity contribution is 0.432. The van der Waals surface area contributed by atoms with Gasteiger partial charge in [-0.25, -0.2) is 4.39 Å². The van der Waals surface area contributed by atoms with Crippen molar-refractivity contribution in [3.05, 3.63) is 27.4 Å². The Kier molecular flexibility index (Phi) is 2.16. The van der Waals surface area contributed by atoms with Gasteiger partial charge >= 0.3 is 0 Å². The molecule has 1 rings (SSSR count). The standard InChI is InChI=1S/C6H3BrClFO/c7-3-1-4(8)6(10)5(9)2-3/h1-2,10H. The summed E-state index contributed by atoms with van der Waals surface area (Å²) in [4.78, 5) is 0. The fraction of sp³-hybridized carbons (Fsp3) is 0. The summed E-state index contributed by atoms with van der Waals surface area (Å²) in [5.74, 6) is -1.23. The molecule has 54 valence electrons. The van der Waals surface area contributed by atoms with Gasteiger partial charge in [-0.3, -0.25) is 0 Å². The number of halogens is 3. The van der Waals surface area contributed by atoms with Crippen LogP contribution in [-0.2, 0) is 0 Å². The summed E-state index contributed by atoms with van der Waals surface area (Å²) in [5, 5.41) is 8.81. The quantitative estimate of drug-likeness (QED) is 0.720. The maximum atomic E-state index is 12.5. The largest absolute Gasteiger partial charge is 0.504 e. The second kappa shape index (κ2) is 2.76. The number of phenolic OH excluding ortho intramolecular Hbond substituents is 1. The lowest BCUT2D eigenvalue weighted by Crippen LogP contribution is -1.76. The third-order valence-electron chi connectivity index (χ3n) is 0.982. The molecule has 0 atom stereocenters. The van der Waals surface area contributed by atoms with Gasteiger partial charge < -0.3 is 5.11 Å². The Bertz CT molecular complexity index is 241. The predicted molar refractivity (Wildman–Crippen MR) is 40.8 cm³/mol. The van der Waals surface area contributed by atoms with E-state index in [1.807, 2.05) is 0 Å². The lowest BCUT2D eigenvalue weighted by atomic mass is 10.3. The first-order valence-corrected chi connectivity index (χ1v) is 3.62. The summed E-state index contributed by atoms with van der Waals surface area (Å²) in [6.45, 7) is 0. The molecule has 1 nitrogen and oxygen atoms in total. The molecule has 0 aliphatic rings. The summed E-state index contributed by atoms with van der Waals surface area (Å²) < 4.78 is 13.0. The topological polar surface area (TPSA) is 20.2 Å². The molecule has 0 saturated carbocycles. The van der Waals surface area contributed by atoms with Gasteiger partial charge in [0.15, 0.2) is 11.6 Å². The fourth-order valence-corrected chi connectivity index (χ4v) is 1.30. The van der Waals surface area contributed by atoms with Crippen LogP contribution in [0.15, 0.2) is 16.6 Å². The van der Waals surface area contributed by atoms with Crippen molar-refractivity contribution in [2.45, 2.75) is 0 Å². The molecule has 0 aliphatic carbocycles. The van der Waals surface area contributed by atoms with E-state index in [4.69, 9.17) is 16.7 Å². The zero-order chi connectivity index (χ0) is 7.72. The Balaban J connectivity index is 3.31. The molecule has 0 aliphatic heterocycles. The smallest absolute Gasteiger partial charge is 0.170 e. The SMILES string of the molecule is Oc1c(F)cc(Br)cc1Cl. The second-order valence-electron chi connectivity index (χ2n) is 1.72. The number of rotatable bonds is 0. The van der Waals surface area contributed by atoms with Gasteiger partial charge in [0.05, 0.1) is 5.02 Å². The van der Waals surface area contributed by atoms with Crippen LogP contribution < -0.4 is 0 Å². The Hall–Kier alpha value is -0.280. The molecule has 0 saturated heterocycles. The first kappa shape index (κ1) is 7.82. The third-order valence-corrected chi connectivity index (χ3v) is 1.73. The molecule has 0 spiro atoms. The summed E-state index contributed by atoms with van der Waals surface area (Å²) >= 11 is 8.41. The first-order chi connectivity index (χ1) is 4.61. The van der Waals surface area contributed by atoms with E-state index >= 15 is 0 Å². The van der Waals surface area contributed by atoms with Crippen LogP contribution in [0, 0.1) is 5.82 Å². The highest BCUT2D eigenvalue weighted by atomic mass is 79.9. The van der Waals surface area contributed by atoms with Crippen LogP contribution in [0.2, 0.25) is 5.02 Å². The number of phenols is 1. The van der Waals surface area contributed by atoms with Crippen molar-refractivity contribution in [1.29, 1.82) is 0 Å². The summed E-state index contributed by atoms with van der Waals surface area (Å²) in [5.41, 5.74) is 0. The van der Waals surface area contributed by atoms with Crippen molar-refractivity contribution in [3.63, 3.8) is 0 Å². The average molecular weight is 225 g/mol. The molecule has 0 bridgehead atoms. The highest BCUT2D eigenvalue weighted by Gasteiger charge is 2.05. The maximum absolute atomic E-state index is 12.5. The van der Waals surface area contributed by atoms with Crippen molar-refractivity contribution in [3.8, 4) is 5.75 Å². The highest BCUT2D eigenvalue weighted by Crippen LogP contribution is 2.29. The molecule has 0 unspecified atom stereocenters. The van der Waals surface area contributed by atoms with E-state index in [1.54, 1.807) is 0 Å². The van der Waals surface area contributed by atoms with Crippen molar-refractivity contribution in [1.82, 2.24) is 0 Å². The van der Waals surface area contributed by atoms with Crippen LogP contribution in [-0.4, -0.2) is 5.11 Å². The van der Waals surface area contributed by atoms with Gasteiger partial charge in [-0.1, -0.05) is 27.5 Å². The van der Waals surface area contributed by atoms with E-state index < -0.39 is 11.6 Å². The second-order valence-corrected chi connectivity index (χ2v) is 3.04. The summed E-state index contributed by atoms with van der Waals surface area (Å²) in [7, 11) is 0. The first-order valence-electron chi connectivity index (χ1n) is 2.45. The van der Waals surface area contributed by atoms with Crippen LogP contribution in [0.3, 0.4) is 0 Å². The minimum atomic E-state index is -0.723.